The Bertz CT molecular complexity index is 458. The first-order valence-corrected chi connectivity index (χ1v) is 8.25. The number of ketones is 1. The van der Waals surface area contributed by atoms with E-state index in [4.69, 9.17) is 0 Å². The van der Waals surface area contributed by atoms with Crippen LogP contribution in [-0.4, -0.2) is 46.0 Å². The number of hydrogen-bond acceptors (Lipinski definition) is 3. The molecule has 104 valence electrons. The maximum Gasteiger partial charge on any atom is 0.176 e. The molecule has 1 aliphatic rings. The lowest BCUT2D eigenvalue weighted by Gasteiger charge is -2.25. The van der Waals surface area contributed by atoms with Crippen molar-refractivity contribution in [2.75, 3.05) is 31.1 Å². The molecule has 1 heterocycles. The zero-order valence-electron chi connectivity index (χ0n) is 11.6. The van der Waals surface area contributed by atoms with Gasteiger partial charge in [0.2, 0.25) is 0 Å². The van der Waals surface area contributed by atoms with Crippen LogP contribution in [0.25, 0.3) is 0 Å². The van der Waals surface area contributed by atoms with Crippen LogP contribution in [0.2, 0.25) is 0 Å². The van der Waals surface area contributed by atoms with Gasteiger partial charge in [-0.15, -0.1) is 0 Å². The van der Waals surface area contributed by atoms with Gasteiger partial charge in [-0.2, -0.15) is 0 Å². The fourth-order valence-electron chi connectivity index (χ4n) is 2.18. The standard InChI is InChI=1S/C15H21NO2S/c1-12(2)13-3-5-14(6-4-13)15(17)11-16-7-9-19(18)10-8-16/h3-6,12H,7-11H2,1-2H3. The first-order valence-electron chi connectivity index (χ1n) is 6.77. The van der Waals surface area contributed by atoms with Gasteiger partial charge in [-0.05, 0) is 11.5 Å². The molecule has 3 nitrogen and oxygen atoms in total. The molecule has 1 aromatic rings. The van der Waals surface area contributed by atoms with E-state index in [1.54, 1.807) is 0 Å². The monoisotopic (exact) mass is 279 g/mol. The predicted octanol–water partition coefficient (Wildman–Crippen LogP) is 2.06. The second kappa shape index (κ2) is 6.44. The fraction of sp³-hybridized carbons (Fsp3) is 0.533. The highest BCUT2D eigenvalue weighted by Gasteiger charge is 2.18. The van der Waals surface area contributed by atoms with E-state index >= 15 is 0 Å². The summed E-state index contributed by atoms with van der Waals surface area (Å²) in [6.45, 7) is 6.26. The maximum atomic E-state index is 12.2. The molecule has 1 aromatic carbocycles. The molecule has 0 amide bonds. The van der Waals surface area contributed by atoms with Gasteiger partial charge in [-0.25, -0.2) is 0 Å². The third-order valence-electron chi connectivity index (χ3n) is 3.54. The molecule has 2 rings (SSSR count). The number of carbonyl (C=O) groups excluding carboxylic acids is 1. The number of Topliss-reactive ketones (excluding diaryl/α,β-unsaturated/α-hetero) is 1. The van der Waals surface area contributed by atoms with Crippen LogP contribution in [0.3, 0.4) is 0 Å². The van der Waals surface area contributed by atoms with Crippen molar-refractivity contribution < 1.29 is 9.00 Å². The topological polar surface area (TPSA) is 37.4 Å². The second-order valence-electron chi connectivity index (χ2n) is 5.32. The molecule has 1 aliphatic heterocycles. The normalized spacial score (nSPS) is 17.8. The predicted molar refractivity (Wildman–Crippen MR) is 79.2 cm³/mol. The minimum Gasteiger partial charge on any atom is -0.294 e. The van der Waals surface area contributed by atoms with Gasteiger partial charge in [-0.1, -0.05) is 38.1 Å². The van der Waals surface area contributed by atoms with Crippen molar-refractivity contribution in [3.63, 3.8) is 0 Å². The minimum atomic E-state index is -0.682. The van der Waals surface area contributed by atoms with E-state index in [2.05, 4.69) is 18.7 Å². The Balaban J connectivity index is 1.94. The van der Waals surface area contributed by atoms with Gasteiger partial charge < -0.3 is 0 Å². The zero-order chi connectivity index (χ0) is 13.8. The van der Waals surface area contributed by atoms with Gasteiger partial charge in [0.25, 0.3) is 0 Å². The molecule has 0 radical (unpaired) electrons. The fourth-order valence-corrected chi connectivity index (χ4v) is 3.31. The lowest BCUT2D eigenvalue weighted by Crippen LogP contribution is -2.40. The van der Waals surface area contributed by atoms with Crippen molar-refractivity contribution in [3.05, 3.63) is 35.4 Å². The molecule has 0 aliphatic carbocycles. The van der Waals surface area contributed by atoms with Gasteiger partial charge in [0.1, 0.15) is 0 Å². The summed E-state index contributed by atoms with van der Waals surface area (Å²) in [7, 11) is -0.682. The number of nitrogens with zero attached hydrogens (tertiary/aromatic N) is 1. The minimum absolute atomic E-state index is 0.156. The zero-order valence-corrected chi connectivity index (χ0v) is 12.4. The van der Waals surface area contributed by atoms with Crippen LogP contribution in [0.5, 0.6) is 0 Å². The highest BCUT2D eigenvalue weighted by Crippen LogP contribution is 2.15. The quantitative estimate of drug-likeness (QED) is 0.792. The highest BCUT2D eigenvalue weighted by molar-refractivity contribution is 7.85. The third-order valence-corrected chi connectivity index (χ3v) is 4.81. The maximum absolute atomic E-state index is 12.2. The van der Waals surface area contributed by atoms with E-state index in [1.165, 1.54) is 5.56 Å². The van der Waals surface area contributed by atoms with E-state index in [1.807, 2.05) is 24.3 Å². The second-order valence-corrected chi connectivity index (χ2v) is 7.02. The van der Waals surface area contributed by atoms with Gasteiger partial charge in [0.15, 0.2) is 5.78 Å². The van der Waals surface area contributed by atoms with Gasteiger partial charge in [0, 0.05) is 41.0 Å². The average Bonchev–Trinajstić information content (AvgIpc) is 2.41. The Morgan fingerprint density at radius 1 is 1.21 bits per heavy atom. The Hall–Kier alpha value is -1.00. The molecular formula is C15H21NO2S. The summed E-state index contributed by atoms with van der Waals surface area (Å²) >= 11 is 0. The Morgan fingerprint density at radius 3 is 2.32 bits per heavy atom. The van der Waals surface area contributed by atoms with Gasteiger partial charge in [-0.3, -0.25) is 13.9 Å². The van der Waals surface area contributed by atoms with Gasteiger partial charge >= 0.3 is 0 Å². The number of rotatable bonds is 4. The van der Waals surface area contributed by atoms with Crippen molar-refractivity contribution in [2.24, 2.45) is 0 Å². The molecule has 19 heavy (non-hydrogen) atoms. The molecule has 1 saturated heterocycles. The van der Waals surface area contributed by atoms with Crippen molar-refractivity contribution in [1.82, 2.24) is 4.90 Å². The lowest BCUT2D eigenvalue weighted by atomic mass is 10.0. The molecule has 0 spiro atoms. The molecule has 4 heteroatoms. The number of hydrogen-bond donors (Lipinski definition) is 0. The summed E-state index contributed by atoms with van der Waals surface area (Å²) in [5.41, 5.74) is 2.03. The summed E-state index contributed by atoms with van der Waals surface area (Å²) < 4.78 is 11.3. The molecule has 0 aromatic heterocycles. The Morgan fingerprint density at radius 2 is 1.79 bits per heavy atom. The van der Waals surface area contributed by atoms with Crippen LogP contribution in [0, 0.1) is 0 Å². The van der Waals surface area contributed by atoms with Crippen LogP contribution < -0.4 is 0 Å². The van der Waals surface area contributed by atoms with E-state index in [-0.39, 0.29) is 5.78 Å². The molecule has 0 atom stereocenters. The molecule has 0 saturated carbocycles. The summed E-state index contributed by atoms with van der Waals surface area (Å²) in [5, 5.41) is 0. The molecule has 1 fully saturated rings. The highest BCUT2D eigenvalue weighted by atomic mass is 32.2. The third kappa shape index (κ3) is 3.98. The van der Waals surface area contributed by atoms with Gasteiger partial charge in [0.05, 0.1) is 6.54 Å². The van der Waals surface area contributed by atoms with Crippen molar-refractivity contribution in [3.8, 4) is 0 Å². The lowest BCUT2D eigenvalue weighted by molar-refractivity contribution is 0.0936. The van der Waals surface area contributed by atoms with Crippen LogP contribution in [0.1, 0.15) is 35.7 Å². The molecule has 0 bridgehead atoms. The molecular weight excluding hydrogens is 258 g/mol. The largest absolute Gasteiger partial charge is 0.294 e. The summed E-state index contributed by atoms with van der Waals surface area (Å²) in [5.74, 6) is 2.03. The van der Waals surface area contributed by atoms with Crippen LogP contribution >= 0.6 is 0 Å². The van der Waals surface area contributed by atoms with Crippen molar-refractivity contribution >= 4 is 16.6 Å². The average molecular weight is 279 g/mol. The smallest absolute Gasteiger partial charge is 0.176 e. The van der Waals surface area contributed by atoms with Crippen LogP contribution in [-0.2, 0) is 10.8 Å². The van der Waals surface area contributed by atoms with Crippen molar-refractivity contribution in [1.29, 1.82) is 0 Å². The van der Waals surface area contributed by atoms with E-state index in [9.17, 15) is 9.00 Å². The van der Waals surface area contributed by atoms with Crippen LogP contribution in [0.15, 0.2) is 24.3 Å². The van der Waals surface area contributed by atoms with Crippen LogP contribution in [0.4, 0.5) is 0 Å². The van der Waals surface area contributed by atoms with Crippen molar-refractivity contribution in [2.45, 2.75) is 19.8 Å². The number of carbonyl (C=O) groups is 1. The number of benzene rings is 1. The van der Waals surface area contributed by atoms with E-state index in [0.29, 0.717) is 24.0 Å². The first-order chi connectivity index (χ1) is 9.06. The SMILES string of the molecule is CC(C)c1ccc(C(=O)CN2CCS(=O)CC2)cc1. The summed E-state index contributed by atoms with van der Waals surface area (Å²) in [6, 6.07) is 7.89. The van der Waals surface area contributed by atoms with E-state index in [0.717, 1.165) is 18.7 Å². The molecule has 0 unspecified atom stereocenters. The molecule has 0 N–H and O–H groups in total. The summed E-state index contributed by atoms with van der Waals surface area (Å²) in [6.07, 6.45) is 0. The first kappa shape index (κ1) is 14.4. The Labute approximate surface area is 117 Å². The van der Waals surface area contributed by atoms with E-state index < -0.39 is 10.8 Å². The summed E-state index contributed by atoms with van der Waals surface area (Å²) in [4.78, 5) is 14.3. The Kier molecular flexibility index (Phi) is 4.88.